The summed E-state index contributed by atoms with van der Waals surface area (Å²) in [6.45, 7) is 5.20. The summed E-state index contributed by atoms with van der Waals surface area (Å²) in [7, 11) is -4.00. The molecule has 1 N–H and O–H groups in total. The summed E-state index contributed by atoms with van der Waals surface area (Å²) in [4.78, 5) is 12.2. The average Bonchev–Trinajstić information content (AvgIpc) is 2.66. The van der Waals surface area contributed by atoms with Gasteiger partial charge in [-0.3, -0.25) is 4.79 Å². The van der Waals surface area contributed by atoms with Gasteiger partial charge in [0.05, 0.1) is 13.2 Å². The van der Waals surface area contributed by atoms with Crippen molar-refractivity contribution in [3.05, 3.63) is 29.6 Å². The summed E-state index contributed by atoms with van der Waals surface area (Å²) in [5.74, 6) is -0.341. The van der Waals surface area contributed by atoms with E-state index in [0.717, 1.165) is 31.4 Å². The van der Waals surface area contributed by atoms with Crippen molar-refractivity contribution in [1.29, 1.82) is 0 Å². The van der Waals surface area contributed by atoms with Crippen LogP contribution in [0.1, 0.15) is 43.5 Å². The van der Waals surface area contributed by atoms with Crippen LogP contribution >= 0.6 is 0 Å². The second kappa shape index (κ2) is 8.24. The van der Waals surface area contributed by atoms with Crippen LogP contribution in [-0.4, -0.2) is 51.0 Å². The molecule has 1 heterocycles. The van der Waals surface area contributed by atoms with Crippen molar-refractivity contribution >= 4 is 15.9 Å². The predicted molar refractivity (Wildman–Crippen MR) is 99.4 cm³/mol. The van der Waals surface area contributed by atoms with E-state index in [1.54, 1.807) is 0 Å². The Hall–Kier alpha value is -1.51. The second-order valence-corrected chi connectivity index (χ2v) is 9.42. The zero-order chi connectivity index (χ0) is 19.6. The monoisotopic (exact) mass is 398 g/mol. The molecule has 1 aromatic carbocycles. The molecule has 6 nitrogen and oxygen atoms in total. The normalized spacial score (nSPS) is 27.3. The summed E-state index contributed by atoms with van der Waals surface area (Å²) in [5.41, 5.74) is 0.161. The number of carbonyl (C=O) groups excluding carboxylic acids is 1. The minimum absolute atomic E-state index is 0.0469. The first-order chi connectivity index (χ1) is 12.8. The van der Waals surface area contributed by atoms with Crippen LogP contribution < -0.4 is 5.32 Å². The van der Waals surface area contributed by atoms with Gasteiger partial charge in [0, 0.05) is 24.7 Å². The highest BCUT2D eigenvalue weighted by Crippen LogP contribution is 2.30. The highest BCUT2D eigenvalue weighted by Gasteiger charge is 2.31. The lowest BCUT2D eigenvalue weighted by Crippen LogP contribution is -2.44. The molecule has 8 heteroatoms. The van der Waals surface area contributed by atoms with E-state index >= 15 is 0 Å². The number of halogens is 1. The van der Waals surface area contributed by atoms with Crippen molar-refractivity contribution in [2.75, 3.05) is 26.3 Å². The molecule has 1 aliphatic heterocycles. The van der Waals surface area contributed by atoms with Crippen molar-refractivity contribution in [2.24, 2.45) is 11.8 Å². The van der Waals surface area contributed by atoms with Crippen LogP contribution in [0.2, 0.25) is 0 Å². The van der Waals surface area contributed by atoms with Gasteiger partial charge in [0.15, 0.2) is 0 Å². The highest BCUT2D eigenvalue weighted by molar-refractivity contribution is 7.89. The molecule has 1 amide bonds. The summed E-state index contributed by atoms with van der Waals surface area (Å²) >= 11 is 0. The van der Waals surface area contributed by atoms with Gasteiger partial charge in [0.1, 0.15) is 10.7 Å². The fourth-order valence-corrected chi connectivity index (χ4v) is 5.30. The number of nitrogens with one attached hydrogen (secondary N) is 1. The van der Waals surface area contributed by atoms with Gasteiger partial charge in [0.2, 0.25) is 10.0 Å². The summed E-state index contributed by atoms with van der Waals surface area (Å²) < 4.78 is 46.2. The van der Waals surface area contributed by atoms with E-state index in [4.69, 9.17) is 4.74 Å². The molecule has 1 saturated carbocycles. The lowest BCUT2D eigenvalue weighted by Gasteiger charge is -2.34. The lowest BCUT2D eigenvalue weighted by molar-refractivity contribution is 0.0729. The maximum Gasteiger partial charge on any atom is 0.251 e. The summed E-state index contributed by atoms with van der Waals surface area (Å²) in [6.07, 6.45) is 3.10. The van der Waals surface area contributed by atoms with Crippen molar-refractivity contribution in [3.63, 3.8) is 0 Å². The molecule has 1 saturated heterocycles. The smallest absolute Gasteiger partial charge is 0.251 e. The van der Waals surface area contributed by atoms with Gasteiger partial charge in [0.25, 0.3) is 5.91 Å². The Bertz CT molecular complexity index is 793. The second-order valence-electron chi connectivity index (χ2n) is 7.51. The van der Waals surface area contributed by atoms with Crippen molar-refractivity contribution in [3.8, 4) is 0 Å². The molecule has 2 fully saturated rings. The maximum absolute atomic E-state index is 14.3. The molecule has 3 atom stereocenters. The van der Waals surface area contributed by atoms with Crippen LogP contribution in [0.15, 0.2) is 23.1 Å². The molecule has 1 aliphatic carbocycles. The van der Waals surface area contributed by atoms with E-state index in [2.05, 4.69) is 19.2 Å². The molecule has 3 rings (SSSR count). The molecule has 0 spiro atoms. The van der Waals surface area contributed by atoms with Gasteiger partial charge in [-0.05, 0) is 36.5 Å². The van der Waals surface area contributed by atoms with E-state index in [-0.39, 0.29) is 43.8 Å². The quantitative estimate of drug-likeness (QED) is 0.845. The first-order valence-electron chi connectivity index (χ1n) is 9.49. The molecule has 0 radical (unpaired) electrons. The zero-order valence-electron chi connectivity index (χ0n) is 15.8. The van der Waals surface area contributed by atoms with Gasteiger partial charge < -0.3 is 10.1 Å². The molecule has 0 bridgehead atoms. The van der Waals surface area contributed by atoms with Crippen LogP contribution in [0.4, 0.5) is 4.39 Å². The third-order valence-electron chi connectivity index (χ3n) is 5.80. The number of nitrogens with zero attached hydrogens (tertiary/aromatic N) is 1. The molecule has 27 heavy (non-hydrogen) atoms. The van der Waals surface area contributed by atoms with Crippen LogP contribution in [0.25, 0.3) is 0 Å². The SMILES string of the molecule is C[C@@H]1[C@H](C)CCC[C@H]1NC(=O)c1ccc(F)c(S(=O)(=O)N2CCOCC2)c1. The number of hydrogen-bond donors (Lipinski definition) is 1. The predicted octanol–water partition coefficient (Wildman–Crippen LogP) is 2.40. The fraction of sp³-hybridized carbons (Fsp3) is 0.632. The van der Waals surface area contributed by atoms with E-state index in [9.17, 15) is 17.6 Å². The van der Waals surface area contributed by atoms with Crippen molar-refractivity contribution in [2.45, 2.75) is 44.0 Å². The Labute approximate surface area is 160 Å². The Morgan fingerprint density at radius 3 is 2.63 bits per heavy atom. The number of hydrogen-bond acceptors (Lipinski definition) is 4. The largest absolute Gasteiger partial charge is 0.379 e. The minimum atomic E-state index is -4.00. The fourth-order valence-electron chi connectivity index (χ4n) is 3.81. The molecule has 0 unspecified atom stereocenters. The number of morpholine rings is 1. The van der Waals surface area contributed by atoms with E-state index in [1.807, 2.05) is 0 Å². The summed E-state index contributed by atoms with van der Waals surface area (Å²) in [5, 5.41) is 3.00. The summed E-state index contributed by atoms with van der Waals surface area (Å²) in [6, 6.07) is 3.58. The minimum Gasteiger partial charge on any atom is -0.379 e. The maximum atomic E-state index is 14.3. The number of benzene rings is 1. The van der Waals surface area contributed by atoms with Crippen LogP contribution in [0.5, 0.6) is 0 Å². The van der Waals surface area contributed by atoms with E-state index in [0.29, 0.717) is 11.8 Å². The molecule has 150 valence electrons. The van der Waals surface area contributed by atoms with E-state index < -0.39 is 20.7 Å². The number of rotatable bonds is 4. The third kappa shape index (κ3) is 4.33. The van der Waals surface area contributed by atoms with Gasteiger partial charge in [-0.1, -0.05) is 26.7 Å². The molecule has 1 aromatic rings. The lowest BCUT2D eigenvalue weighted by atomic mass is 9.78. The van der Waals surface area contributed by atoms with Crippen LogP contribution in [0.3, 0.4) is 0 Å². The molecule has 2 aliphatic rings. The average molecular weight is 399 g/mol. The Kier molecular flexibility index (Phi) is 6.18. The first-order valence-corrected chi connectivity index (χ1v) is 10.9. The number of ether oxygens (including phenoxy) is 1. The first kappa shape index (κ1) is 20.2. The Morgan fingerprint density at radius 1 is 1.22 bits per heavy atom. The highest BCUT2D eigenvalue weighted by atomic mass is 32.2. The number of amides is 1. The number of carbonyl (C=O) groups is 1. The van der Waals surface area contributed by atoms with E-state index in [1.165, 1.54) is 10.4 Å². The zero-order valence-corrected chi connectivity index (χ0v) is 16.6. The van der Waals surface area contributed by atoms with Crippen LogP contribution in [0, 0.1) is 17.7 Å². The van der Waals surface area contributed by atoms with Crippen LogP contribution in [-0.2, 0) is 14.8 Å². The topological polar surface area (TPSA) is 75.7 Å². The van der Waals surface area contributed by atoms with Gasteiger partial charge >= 0.3 is 0 Å². The molecule has 0 aromatic heterocycles. The van der Waals surface area contributed by atoms with Crippen molar-refractivity contribution < 1.29 is 22.3 Å². The van der Waals surface area contributed by atoms with Gasteiger partial charge in [-0.2, -0.15) is 4.31 Å². The number of sulfonamides is 1. The van der Waals surface area contributed by atoms with Gasteiger partial charge in [-0.15, -0.1) is 0 Å². The van der Waals surface area contributed by atoms with Crippen molar-refractivity contribution in [1.82, 2.24) is 9.62 Å². The molecular formula is C19H27FN2O4S. The Morgan fingerprint density at radius 2 is 1.93 bits per heavy atom. The standard InChI is InChI=1S/C19H27FN2O4S/c1-13-4-3-5-17(14(13)2)21-19(23)15-6-7-16(20)18(12-15)27(24,25)22-8-10-26-11-9-22/h6-7,12-14,17H,3-5,8-11H2,1-2H3,(H,21,23)/t13-,14-,17-/m1/s1. The third-order valence-corrected chi connectivity index (χ3v) is 7.72. The Balaban J connectivity index is 1.81. The van der Waals surface area contributed by atoms with Gasteiger partial charge in [-0.25, -0.2) is 12.8 Å². The molecular weight excluding hydrogens is 371 g/mol.